The SMILES string of the molecule is Cc1ncsc1-c1ccc([C@H](C)NC(=O)[C@@H]2C[C@@H](O)CN2C(=O)[C@H](c2cc(N3CCN[C@@H](C)C3)no2)C(C)C)cc1. The lowest BCUT2D eigenvalue weighted by molar-refractivity contribution is -0.141. The predicted octanol–water partition coefficient (Wildman–Crippen LogP) is 3.48. The Labute approximate surface area is 245 Å². The minimum absolute atomic E-state index is 0.0914. The average molecular weight is 581 g/mol. The standard InChI is InChI=1S/C30H40N6O4S/c1-17(2)27(25-13-26(34-40-25)35-11-10-31-18(3)14-35)30(39)36-15-23(37)12-24(36)29(38)33-19(4)21-6-8-22(9-7-21)28-20(5)32-16-41-28/h6-9,13,16-19,23-24,27,31,37H,10-12,14-15H2,1-5H3,(H,33,38)/t18-,19-,23+,24-,27-/m0/s1. The highest BCUT2D eigenvalue weighted by molar-refractivity contribution is 7.13. The Kier molecular flexibility index (Phi) is 8.77. The summed E-state index contributed by atoms with van der Waals surface area (Å²) < 4.78 is 5.72. The lowest BCUT2D eigenvalue weighted by Gasteiger charge is -2.31. The predicted molar refractivity (Wildman–Crippen MR) is 159 cm³/mol. The number of nitrogens with zero attached hydrogens (tertiary/aromatic N) is 4. The first kappa shape index (κ1) is 29.2. The van der Waals surface area contributed by atoms with E-state index in [0.29, 0.717) is 17.6 Å². The second-order valence-electron chi connectivity index (χ2n) is 11.6. The number of amides is 2. The quantitative estimate of drug-likeness (QED) is 0.370. The van der Waals surface area contributed by atoms with E-state index >= 15 is 0 Å². The molecule has 0 saturated carbocycles. The van der Waals surface area contributed by atoms with Gasteiger partial charge < -0.3 is 30.1 Å². The van der Waals surface area contributed by atoms with E-state index in [2.05, 4.69) is 32.6 Å². The number of likely N-dealkylation sites (tertiary alicyclic amines) is 1. The molecule has 11 heteroatoms. The molecule has 10 nitrogen and oxygen atoms in total. The number of piperazine rings is 1. The third kappa shape index (κ3) is 6.32. The third-order valence-electron chi connectivity index (χ3n) is 8.09. The molecule has 0 bridgehead atoms. The number of hydrogen-bond donors (Lipinski definition) is 3. The number of carbonyl (C=O) groups excluding carboxylic acids is 2. The van der Waals surface area contributed by atoms with Crippen molar-refractivity contribution in [2.75, 3.05) is 31.1 Å². The number of aryl methyl sites for hydroxylation is 1. The molecule has 5 atom stereocenters. The Morgan fingerprint density at radius 1 is 1.20 bits per heavy atom. The van der Waals surface area contributed by atoms with Gasteiger partial charge in [-0.1, -0.05) is 43.3 Å². The molecule has 41 heavy (non-hydrogen) atoms. The first-order valence-electron chi connectivity index (χ1n) is 14.4. The van der Waals surface area contributed by atoms with Gasteiger partial charge in [-0.2, -0.15) is 0 Å². The van der Waals surface area contributed by atoms with Crippen molar-refractivity contribution in [3.63, 3.8) is 0 Å². The molecular formula is C30H40N6O4S. The number of aliphatic hydroxyl groups excluding tert-OH is 1. The summed E-state index contributed by atoms with van der Waals surface area (Å²) in [7, 11) is 0. The van der Waals surface area contributed by atoms with E-state index in [4.69, 9.17) is 4.52 Å². The Balaban J connectivity index is 1.28. The number of aromatic nitrogens is 2. The summed E-state index contributed by atoms with van der Waals surface area (Å²) in [5.41, 5.74) is 4.87. The lowest BCUT2D eigenvalue weighted by Crippen LogP contribution is -2.49. The fourth-order valence-corrected chi connectivity index (χ4v) is 6.64. The molecule has 2 amide bonds. The second-order valence-corrected chi connectivity index (χ2v) is 12.5. The van der Waals surface area contributed by atoms with Gasteiger partial charge in [0.15, 0.2) is 11.6 Å². The van der Waals surface area contributed by atoms with Crippen LogP contribution in [0.4, 0.5) is 5.82 Å². The number of β-amino-alcohol motifs (C(OH)–C–C–N with tert-alkyl or cyclic N) is 1. The van der Waals surface area contributed by atoms with Crippen LogP contribution in [0.15, 0.2) is 40.4 Å². The van der Waals surface area contributed by atoms with Crippen molar-refractivity contribution in [3.8, 4) is 10.4 Å². The van der Waals surface area contributed by atoms with Crippen LogP contribution >= 0.6 is 11.3 Å². The highest BCUT2D eigenvalue weighted by Gasteiger charge is 2.43. The maximum Gasteiger partial charge on any atom is 0.243 e. The van der Waals surface area contributed by atoms with Crippen LogP contribution < -0.4 is 15.5 Å². The summed E-state index contributed by atoms with van der Waals surface area (Å²) in [5.74, 6) is -0.0155. The van der Waals surface area contributed by atoms with Crippen LogP contribution in [0, 0.1) is 12.8 Å². The van der Waals surface area contributed by atoms with E-state index in [1.54, 1.807) is 11.3 Å². The van der Waals surface area contributed by atoms with Crippen molar-refractivity contribution < 1.29 is 19.2 Å². The van der Waals surface area contributed by atoms with Crippen molar-refractivity contribution >= 4 is 29.0 Å². The molecule has 3 aromatic rings. The van der Waals surface area contributed by atoms with Crippen LogP contribution in [0.2, 0.25) is 0 Å². The highest BCUT2D eigenvalue weighted by atomic mass is 32.1. The summed E-state index contributed by atoms with van der Waals surface area (Å²) in [6.07, 6.45) is -0.577. The fraction of sp³-hybridized carbons (Fsp3) is 0.533. The molecule has 2 aliphatic heterocycles. The molecule has 2 aromatic heterocycles. The Bertz CT molecular complexity index is 1350. The summed E-state index contributed by atoms with van der Waals surface area (Å²) >= 11 is 1.60. The van der Waals surface area contributed by atoms with Gasteiger partial charge in [-0.25, -0.2) is 4.98 Å². The Morgan fingerprint density at radius 3 is 2.61 bits per heavy atom. The number of anilines is 1. The first-order chi connectivity index (χ1) is 19.6. The Hall–Kier alpha value is -3.28. The molecule has 0 aliphatic carbocycles. The molecule has 4 heterocycles. The second kappa shape index (κ2) is 12.3. The van der Waals surface area contributed by atoms with Gasteiger partial charge in [0.25, 0.3) is 0 Å². The van der Waals surface area contributed by atoms with Crippen molar-refractivity contribution in [1.82, 2.24) is 25.7 Å². The van der Waals surface area contributed by atoms with E-state index in [9.17, 15) is 14.7 Å². The van der Waals surface area contributed by atoms with Gasteiger partial charge in [0.1, 0.15) is 12.0 Å². The monoisotopic (exact) mass is 580 g/mol. The van der Waals surface area contributed by atoms with Crippen LogP contribution in [-0.4, -0.2) is 76.3 Å². The van der Waals surface area contributed by atoms with Gasteiger partial charge in [-0.05, 0) is 37.8 Å². The smallest absolute Gasteiger partial charge is 0.243 e. The number of rotatable bonds is 8. The molecule has 0 spiro atoms. The van der Waals surface area contributed by atoms with Crippen LogP contribution in [0.25, 0.3) is 10.4 Å². The highest BCUT2D eigenvalue weighted by Crippen LogP contribution is 2.33. The molecule has 2 aliphatic rings. The normalized spacial score (nSPS) is 22.7. The molecule has 5 rings (SSSR count). The number of thiazole rings is 1. The van der Waals surface area contributed by atoms with Crippen molar-refractivity contribution in [2.45, 2.75) is 71.2 Å². The van der Waals surface area contributed by atoms with E-state index < -0.39 is 18.1 Å². The maximum atomic E-state index is 13.9. The van der Waals surface area contributed by atoms with E-state index in [1.807, 2.05) is 63.5 Å². The largest absolute Gasteiger partial charge is 0.391 e. The molecule has 3 N–H and O–H groups in total. The van der Waals surface area contributed by atoms with Gasteiger partial charge in [0, 0.05) is 44.7 Å². The molecule has 0 radical (unpaired) electrons. The zero-order valence-corrected chi connectivity index (χ0v) is 25.1. The summed E-state index contributed by atoms with van der Waals surface area (Å²) in [4.78, 5) is 36.5. The van der Waals surface area contributed by atoms with Gasteiger partial charge in [0.05, 0.1) is 28.2 Å². The summed E-state index contributed by atoms with van der Waals surface area (Å²) in [5, 5.41) is 21.3. The van der Waals surface area contributed by atoms with Crippen molar-refractivity contribution in [3.05, 3.63) is 52.9 Å². The average Bonchev–Trinajstić information content (AvgIpc) is 3.69. The van der Waals surface area contributed by atoms with Crippen LogP contribution in [-0.2, 0) is 9.59 Å². The molecule has 2 fully saturated rings. The zero-order chi connectivity index (χ0) is 29.3. The number of hydrogen-bond acceptors (Lipinski definition) is 9. The minimum Gasteiger partial charge on any atom is -0.391 e. The third-order valence-corrected chi connectivity index (χ3v) is 9.07. The first-order valence-corrected chi connectivity index (χ1v) is 15.2. The van der Waals surface area contributed by atoms with Gasteiger partial charge in [-0.15, -0.1) is 11.3 Å². The number of aliphatic hydroxyl groups is 1. The van der Waals surface area contributed by atoms with Gasteiger partial charge in [-0.3, -0.25) is 9.59 Å². The zero-order valence-electron chi connectivity index (χ0n) is 24.3. The van der Waals surface area contributed by atoms with E-state index in [-0.39, 0.29) is 36.7 Å². The van der Waals surface area contributed by atoms with Crippen molar-refractivity contribution in [1.29, 1.82) is 0 Å². The molecule has 220 valence electrons. The summed E-state index contributed by atoms with van der Waals surface area (Å²) in [6.45, 7) is 12.5. The van der Waals surface area contributed by atoms with Crippen LogP contribution in [0.5, 0.6) is 0 Å². The van der Waals surface area contributed by atoms with Crippen molar-refractivity contribution in [2.24, 2.45) is 5.92 Å². The molecule has 2 saturated heterocycles. The molecule has 0 unspecified atom stereocenters. The summed E-state index contributed by atoms with van der Waals surface area (Å²) in [6, 6.07) is 9.22. The fourth-order valence-electron chi connectivity index (χ4n) is 5.83. The van der Waals surface area contributed by atoms with E-state index in [1.165, 1.54) is 4.90 Å². The van der Waals surface area contributed by atoms with Gasteiger partial charge >= 0.3 is 0 Å². The molecule has 1 aromatic carbocycles. The minimum atomic E-state index is -0.771. The Morgan fingerprint density at radius 2 is 1.95 bits per heavy atom. The number of carbonyl (C=O) groups is 2. The van der Waals surface area contributed by atoms with Crippen LogP contribution in [0.1, 0.15) is 63.1 Å². The van der Waals surface area contributed by atoms with Crippen LogP contribution in [0.3, 0.4) is 0 Å². The van der Waals surface area contributed by atoms with Gasteiger partial charge in [0.2, 0.25) is 11.8 Å². The number of nitrogens with one attached hydrogen (secondary N) is 2. The molecular weight excluding hydrogens is 540 g/mol. The van der Waals surface area contributed by atoms with E-state index in [0.717, 1.165) is 41.3 Å². The maximum absolute atomic E-state index is 13.9. The number of benzene rings is 1. The topological polar surface area (TPSA) is 124 Å². The lowest BCUT2D eigenvalue weighted by atomic mass is 9.91.